The summed E-state index contributed by atoms with van der Waals surface area (Å²) in [5.41, 5.74) is 0. The van der Waals surface area contributed by atoms with Crippen LogP contribution in [0.3, 0.4) is 0 Å². The topological polar surface area (TPSA) is 67.2 Å². The normalized spacial score (nSPS) is 16.8. The van der Waals surface area contributed by atoms with Crippen LogP contribution >= 0.6 is 0 Å². The summed E-state index contributed by atoms with van der Waals surface area (Å²) >= 11 is 0. The molecule has 1 aliphatic rings. The zero-order chi connectivity index (χ0) is 17.5. The summed E-state index contributed by atoms with van der Waals surface area (Å²) in [7, 11) is 1.92. The summed E-state index contributed by atoms with van der Waals surface area (Å²) < 4.78 is 1.92. The average Bonchev–Trinajstić information content (AvgIpc) is 2.80. The predicted octanol–water partition coefficient (Wildman–Crippen LogP) is 2.42. The van der Waals surface area contributed by atoms with Gasteiger partial charge in [0.1, 0.15) is 5.82 Å². The maximum atomic E-state index is 12.3. The van der Waals surface area contributed by atoms with E-state index in [-0.39, 0.29) is 36.6 Å². The Kier molecular flexibility index (Phi) is 6.82. The van der Waals surface area contributed by atoms with Crippen LogP contribution in [0.5, 0.6) is 0 Å². The first kappa shape index (κ1) is 18.5. The van der Waals surface area contributed by atoms with Crippen LogP contribution in [0.2, 0.25) is 0 Å². The van der Waals surface area contributed by atoms with Crippen LogP contribution in [-0.2, 0) is 16.6 Å². The maximum Gasteiger partial charge on any atom is 0.223 e. The Labute approximate surface area is 144 Å². The van der Waals surface area contributed by atoms with Crippen molar-refractivity contribution in [1.82, 2.24) is 19.8 Å². The lowest BCUT2D eigenvalue weighted by Crippen LogP contribution is -2.35. The Morgan fingerprint density at radius 1 is 1.17 bits per heavy atom. The Morgan fingerprint density at radius 2 is 1.83 bits per heavy atom. The molecule has 6 heteroatoms. The summed E-state index contributed by atoms with van der Waals surface area (Å²) in [6.45, 7) is 5.79. The Morgan fingerprint density at radius 3 is 2.38 bits per heavy atom. The van der Waals surface area contributed by atoms with Gasteiger partial charge in [-0.2, -0.15) is 0 Å². The lowest BCUT2D eigenvalue weighted by molar-refractivity contribution is -0.133. The van der Waals surface area contributed by atoms with Gasteiger partial charge in [-0.25, -0.2) is 4.98 Å². The number of amides is 2. The molecule has 1 atom stereocenters. The molecule has 0 unspecified atom stereocenters. The molecule has 1 aromatic rings. The van der Waals surface area contributed by atoms with Crippen molar-refractivity contribution in [3.63, 3.8) is 0 Å². The molecular weight excluding hydrogens is 304 g/mol. The number of hydrogen-bond acceptors (Lipinski definition) is 3. The molecule has 2 rings (SSSR count). The van der Waals surface area contributed by atoms with Crippen LogP contribution in [0.4, 0.5) is 0 Å². The summed E-state index contributed by atoms with van der Waals surface area (Å²) in [5.74, 6) is 1.10. The van der Waals surface area contributed by atoms with E-state index in [1.165, 1.54) is 12.8 Å². The van der Waals surface area contributed by atoms with Gasteiger partial charge in [-0.1, -0.05) is 26.7 Å². The number of aryl methyl sites for hydroxylation is 1. The molecule has 0 aliphatic carbocycles. The van der Waals surface area contributed by atoms with E-state index in [0.29, 0.717) is 0 Å². The first-order valence-electron chi connectivity index (χ1n) is 9.03. The van der Waals surface area contributed by atoms with E-state index >= 15 is 0 Å². The fourth-order valence-corrected chi connectivity index (χ4v) is 3.15. The highest BCUT2D eigenvalue weighted by molar-refractivity contribution is 5.84. The third kappa shape index (κ3) is 5.08. The molecule has 1 aromatic heterocycles. The van der Waals surface area contributed by atoms with Gasteiger partial charge in [-0.05, 0) is 18.8 Å². The van der Waals surface area contributed by atoms with Crippen molar-refractivity contribution in [3.05, 3.63) is 18.2 Å². The Balaban J connectivity index is 1.85. The predicted molar refractivity (Wildman–Crippen MR) is 93.2 cm³/mol. The van der Waals surface area contributed by atoms with E-state index in [4.69, 9.17) is 0 Å². The van der Waals surface area contributed by atoms with Gasteiger partial charge < -0.3 is 14.8 Å². The van der Waals surface area contributed by atoms with Crippen LogP contribution in [0.25, 0.3) is 0 Å². The minimum atomic E-state index is -0.134. The second-order valence-corrected chi connectivity index (χ2v) is 6.98. The van der Waals surface area contributed by atoms with Gasteiger partial charge >= 0.3 is 0 Å². The Hall–Kier alpha value is -1.85. The van der Waals surface area contributed by atoms with E-state index in [1.54, 1.807) is 6.20 Å². The summed E-state index contributed by atoms with van der Waals surface area (Å²) in [4.78, 5) is 30.8. The molecule has 0 bridgehead atoms. The van der Waals surface area contributed by atoms with E-state index in [1.807, 2.05) is 22.7 Å². The van der Waals surface area contributed by atoms with Gasteiger partial charge in [0.05, 0.1) is 6.04 Å². The number of nitrogens with one attached hydrogen (secondary N) is 1. The summed E-state index contributed by atoms with van der Waals surface area (Å²) in [5, 5.41) is 3.04. The molecule has 24 heavy (non-hydrogen) atoms. The summed E-state index contributed by atoms with van der Waals surface area (Å²) in [6, 6.07) is -0.134. The van der Waals surface area contributed by atoms with Crippen LogP contribution in [-0.4, -0.2) is 39.4 Å². The number of carbonyl (C=O) groups is 2. The van der Waals surface area contributed by atoms with Crippen molar-refractivity contribution in [2.24, 2.45) is 13.0 Å². The van der Waals surface area contributed by atoms with Crippen molar-refractivity contribution in [2.45, 2.75) is 58.4 Å². The zero-order valence-corrected chi connectivity index (χ0v) is 15.1. The zero-order valence-electron chi connectivity index (χ0n) is 15.1. The van der Waals surface area contributed by atoms with Gasteiger partial charge in [0.15, 0.2) is 0 Å². The molecule has 2 heterocycles. The van der Waals surface area contributed by atoms with Gasteiger partial charge in [-0.3, -0.25) is 9.59 Å². The minimum absolute atomic E-state index is 0.0835. The number of aromatic nitrogens is 2. The van der Waals surface area contributed by atoms with Crippen molar-refractivity contribution >= 4 is 11.8 Å². The molecular formula is C18H30N4O2. The molecule has 0 spiro atoms. The monoisotopic (exact) mass is 334 g/mol. The number of carbonyl (C=O) groups excluding carboxylic acids is 2. The number of imidazole rings is 1. The Bertz CT molecular complexity index is 545. The van der Waals surface area contributed by atoms with Gasteiger partial charge in [0.25, 0.3) is 0 Å². The van der Waals surface area contributed by atoms with E-state index < -0.39 is 0 Å². The minimum Gasteiger partial charge on any atom is -0.346 e. The molecule has 0 aromatic carbocycles. The number of nitrogens with zero attached hydrogens (tertiary/aromatic N) is 3. The molecule has 1 aliphatic heterocycles. The first-order valence-corrected chi connectivity index (χ1v) is 9.03. The second-order valence-electron chi connectivity index (χ2n) is 6.98. The molecule has 0 radical (unpaired) electrons. The molecule has 1 fully saturated rings. The highest BCUT2D eigenvalue weighted by Gasteiger charge is 2.23. The molecule has 1 saturated heterocycles. The number of rotatable bonds is 6. The first-order chi connectivity index (χ1) is 11.5. The molecule has 2 amide bonds. The van der Waals surface area contributed by atoms with Gasteiger partial charge in [-0.15, -0.1) is 0 Å². The van der Waals surface area contributed by atoms with E-state index in [0.717, 1.165) is 31.8 Å². The van der Waals surface area contributed by atoms with Crippen molar-refractivity contribution in [3.8, 4) is 0 Å². The van der Waals surface area contributed by atoms with Crippen molar-refractivity contribution in [1.29, 1.82) is 0 Å². The largest absolute Gasteiger partial charge is 0.346 e. The van der Waals surface area contributed by atoms with Gasteiger partial charge in [0, 0.05) is 45.4 Å². The van der Waals surface area contributed by atoms with Crippen molar-refractivity contribution < 1.29 is 9.59 Å². The molecule has 0 saturated carbocycles. The highest BCUT2D eigenvalue weighted by Crippen LogP contribution is 2.20. The van der Waals surface area contributed by atoms with Gasteiger partial charge in [0.2, 0.25) is 11.8 Å². The third-order valence-electron chi connectivity index (χ3n) is 4.64. The van der Waals surface area contributed by atoms with Crippen LogP contribution in [0.15, 0.2) is 12.4 Å². The fraction of sp³-hybridized carbons (Fsp3) is 0.722. The SMILES string of the molecule is CC(C)[C@@H](NC(=O)CCC(=O)N1CCCCCC1)c1nccn1C. The van der Waals surface area contributed by atoms with E-state index in [9.17, 15) is 9.59 Å². The lowest BCUT2D eigenvalue weighted by atomic mass is 10.0. The average molecular weight is 334 g/mol. The number of hydrogen-bond donors (Lipinski definition) is 1. The van der Waals surface area contributed by atoms with Crippen molar-refractivity contribution in [2.75, 3.05) is 13.1 Å². The van der Waals surface area contributed by atoms with Crippen LogP contribution in [0, 0.1) is 5.92 Å². The summed E-state index contributed by atoms with van der Waals surface area (Å²) in [6.07, 6.45) is 8.69. The lowest BCUT2D eigenvalue weighted by Gasteiger charge is -2.23. The third-order valence-corrected chi connectivity index (χ3v) is 4.64. The number of likely N-dealkylation sites (tertiary alicyclic amines) is 1. The molecule has 134 valence electrons. The smallest absolute Gasteiger partial charge is 0.223 e. The van der Waals surface area contributed by atoms with Crippen LogP contribution in [0.1, 0.15) is 64.2 Å². The maximum absolute atomic E-state index is 12.3. The van der Waals surface area contributed by atoms with Crippen LogP contribution < -0.4 is 5.32 Å². The fourth-order valence-electron chi connectivity index (χ4n) is 3.15. The highest BCUT2D eigenvalue weighted by atomic mass is 16.2. The molecule has 6 nitrogen and oxygen atoms in total. The standard InChI is InChI=1S/C18H30N4O2/c1-14(2)17(18-19-10-13-21(18)3)20-15(23)8-9-16(24)22-11-6-4-5-7-12-22/h10,13-14,17H,4-9,11-12H2,1-3H3,(H,20,23)/t17-/m1/s1. The second kappa shape index (κ2) is 8.85. The molecule has 1 N–H and O–H groups in total. The van der Waals surface area contributed by atoms with E-state index in [2.05, 4.69) is 24.1 Å². The quantitative estimate of drug-likeness (QED) is 0.869.